The van der Waals surface area contributed by atoms with Crippen LogP contribution in [-0.2, 0) is 11.3 Å². The van der Waals surface area contributed by atoms with Crippen LogP contribution < -0.4 is 4.74 Å². The second-order valence-corrected chi connectivity index (χ2v) is 7.22. The number of carbonyl (C=O) groups excluding carboxylic acids is 1. The molecule has 0 aliphatic carbocycles. The van der Waals surface area contributed by atoms with Crippen molar-refractivity contribution in [2.75, 3.05) is 12.3 Å². The van der Waals surface area contributed by atoms with E-state index in [-0.39, 0.29) is 12.0 Å². The summed E-state index contributed by atoms with van der Waals surface area (Å²) in [7, 11) is 0. The molecule has 2 heterocycles. The van der Waals surface area contributed by atoms with Gasteiger partial charge in [-0.2, -0.15) is 0 Å². The number of benzene rings is 1. The summed E-state index contributed by atoms with van der Waals surface area (Å²) in [6.45, 7) is 3.44. The molecule has 3 rings (SSSR count). The highest BCUT2D eigenvalue weighted by atomic mass is 32.2. The number of unbranched alkanes of at least 4 members (excludes halogenated alkanes) is 1. The molecule has 5 heteroatoms. The highest BCUT2D eigenvalue weighted by Crippen LogP contribution is 2.27. The van der Waals surface area contributed by atoms with Gasteiger partial charge in [0.25, 0.3) is 0 Å². The molecule has 4 nitrogen and oxygen atoms in total. The molecule has 1 aromatic carbocycles. The van der Waals surface area contributed by atoms with Crippen molar-refractivity contribution in [2.24, 2.45) is 0 Å². The molecular weight excluding hydrogens is 332 g/mol. The molecule has 1 aromatic heterocycles. The summed E-state index contributed by atoms with van der Waals surface area (Å²) in [5, 5.41) is 0.879. The van der Waals surface area contributed by atoms with Crippen LogP contribution >= 0.6 is 11.8 Å². The monoisotopic (exact) mass is 356 g/mol. The SMILES string of the molecule is CCCCC1CN(C(=O)CSc2ccccn2)Cc2ccccc2O1. The molecule has 1 aliphatic heterocycles. The Hall–Kier alpha value is -2.01. The third-order valence-corrected chi connectivity index (χ3v) is 5.19. The van der Waals surface area contributed by atoms with E-state index in [9.17, 15) is 4.79 Å². The molecule has 25 heavy (non-hydrogen) atoms. The summed E-state index contributed by atoms with van der Waals surface area (Å²) in [5.41, 5.74) is 1.08. The average molecular weight is 356 g/mol. The van der Waals surface area contributed by atoms with Gasteiger partial charge in [-0.15, -0.1) is 0 Å². The summed E-state index contributed by atoms with van der Waals surface area (Å²) in [4.78, 5) is 19.0. The van der Waals surface area contributed by atoms with Gasteiger partial charge in [0, 0.05) is 18.3 Å². The van der Waals surface area contributed by atoms with E-state index >= 15 is 0 Å². The lowest BCUT2D eigenvalue weighted by atomic mass is 10.1. The zero-order valence-electron chi connectivity index (χ0n) is 14.6. The molecule has 0 radical (unpaired) electrons. The zero-order valence-corrected chi connectivity index (χ0v) is 15.4. The molecule has 132 valence electrons. The fourth-order valence-corrected chi connectivity index (χ4v) is 3.68. The van der Waals surface area contributed by atoms with Crippen LogP contribution in [0.4, 0.5) is 0 Å². The van der Waals surface area contributed by atoms with Gasteiger partial charge in [0.1, 0.15) is 11.9 Å². The summed E-state index contributed by atoms with van der Waals surface area (Å²) in [6.07, 6.45) is 5.03. The molecule has 0 N–H and O–H groups in total. The molecule has 0 spiro atoms. The van der Waals surface area contributed by atoms with Crippen molar-refractivity contribution in [1.82, 2.24) is 9.88 Å². The van der Waals surface area contributed by atoms with Gasteiger partial charge in [-0.1, -0.05) is 49.4 Å². The lowest BCUT2D eigenvalue weighted by Crippen LogP contribution is -2.38. The quantitative estimate of drug-likeness (QED) is 0.729. The van der Waals surface area contributed by atoms with Gasteiger partial charge in [0.2, 0.25) is 5.91 Å². The second-order valence-electron chi connectivity index (χ2n) is 6.22. The summed E-state index contributed by atoms with van der Waals surface area (Å²) < 4.78 is 6.19. The van der Waals surface area contributed by atoms with E-state index < -0.39 is 0 Å². The number of ether oxygens (including phenoxy) is 1. The van der Waals surface area contributed by atoms with Crippen LogP contribution in [0.5, 0.6) is 5.75 Å². The van der Waals surface area contributed by atoms with Gasteiger partial charge in [0.05, 0.1) is 17.3 Å². The predicted molar refractivity (Wildman–Crippen MR) is 101 cm³/mol. The Morgan fingerprint density at radius 2 is 2.12 bits per heavy atom. The summed E-state index contributed by atoms with van der Waals surface area (Å²) in [5.74, 6) is 1.45. The van der Waals surface area contributed by atoms with Crippen molar-refractivity contribution in [3.05, 3.63) is 54.2 Å². The molecular formula is C20H24N2O2S. The summed E-state index contributed by atoms with van der Waals surface area (Å²) >= 11 is 1.49. The number of amides is 1. The summed E-state index contributed by atoms with van der Waals surface area (Å²) in [6, 6.07) is 13.8. The number of para-hydroxylation sites is 1. The van der Waals surface area contributed by atoms with Crippen LogP contribution in [0, 0.1) is 0 Å². The first kappa shape index (κ1) is 17.8. The number of hydrogen-bond donors (Lipinski definition) is 0. The number of pyridine rings is 1. The van der Waals surface area contributed by atoms with Gasteiger partial charge >= 0.3 is 0 Å². The number of thioether (sulfide) groups is 1. The Labute approximate surface area is 153 Å². The Kier molecular flexibility index (Phi) is 6.34. The minimum atomic E-state index is 0.0624. The van der Waals surface area contributed by atoms with Crippen molar-refractivity contribution in [1.29, 1.82) is 0 Å². The van der Waals surface area contributed by atoms with Gasteiger partial charge in [-0.3, -0.25) is 4.79 Å². The smallest absolute Gasteiger partial charge is 0.233 e. The van der Waals surface area contributed by atoms with E-state index in [2.05, 4.69) is 11.9 Å². The van der Waals surface area contributed by atoms with Crippen LogP contribution in [0.15, 0.2) is 53.7 Å². The highest BCUT2D eigenvalue weighted by molar-refractivity contribution is 7.99. The second kappa shape index (κ2) is 8.90. The van der Waals surface area contributed by atoms with Gasteiger partial charge in [-0.05, 0) is 31.0 Å². The van der Waals surface area contributed by atoms with Gasteiger partial charge in [-0.25, -0.2) is 4.98 Å². The number of carbonyl (C=O) groups is 1. The van der Waals surface area contributed by atoms with Crippen LogP contribution in [0.1, 0.15) is 31.7 Å². The van der Waals surface area contributed by atoms with Gasteiger partial charge in [0.15, 0.2) is 0 Å². The third kappa shape index (κ3) is 4.98. The largest absolute Gasteiger partial charge is 0.488 e. The number of rotatable bonds is 6. The number of nitrogens with zero attached hydrogens (tertiary/aromatic N) is 2. The van der Waals surface area contributed by atoms with Gasteiger partial charge < -0.3 is 9.64 Å². The standard InChI is InChI=1S/C20H24N2O2S/c1-2-3-9-17-14-22(13-16-8-4-5-10-18(16)24-17)20(23)15-25-19-11-6-7-12-21-19/h4-8,10-12,17H,2-3,9,13-15H2,1H3. The Morgan fingerprint density at radius 1 is 1.28 bits per heavy atom. The minimum Gasteiger partial charge on any atom is -0.488 e. The molecule has 1 unspecified atom stereocenters. The molecule has 0 bridgehead atoms. The maximum atomic E-state index is 12.8. The lowest BCUT2D eigenvalue weighted by molar-refractivity contribution is -0.129. The third-order valence-electron chi connectivity index (χ3n) is 4.27. The van der Waals surface area contributed by atoms with Crippen LogP contribution in [0.3, 0.4) is 0 Å². The molecule has 1 aliphatic rings. The maximum Gasteiger partial charge on any atom is 0.233 e. The average Bonchev–Trinajstić information content (AvgIpc) is 2.84. The fourth-order valence-electron chi connectivity index (χ4n) is 2.91. The van der Waals surface area contributed by atoms with Crippen LogP contribution in [-0.4, -0.2) is 34.2 Å². The lowest BCUT2D eigenvalue weighted by Gasteiger charge is -2.24. The number of aromatic nitrogens is 1. The van der Waals surface area contributed by atoms with Crippen molar-refractivity contribution in [2.45, 2.75) is 43.9 Å². The van der Waals surface area contributed by atoms with E-state index in [1.807, 2.05) is 47.4 Å². The van der Waals surface area contributed by atoms with E-state index in [0.717, 1.165) is 35.6 Å². The molecule has 0 fully saturated rings. The maximum absolute atomic E-state index is 12.8. The Bertz CT molecular complexity index is 693. The van der Waals surface area contributed by atoms with E-state index in [1.54, 1.807) is 6.20 Å². The molecule has 1 amide bonds. The van der Waals surface area contributed by atoms with Crippen LogP contribution in [0.25, 0.3) is 0 Å². The van der Waals surface area contributed by atoms with E-state index in [1.165, 1.54) is 11.8 Å². The van der Waals surface area contributed by atoms with Crippen molar-refractivity contribution < 1.29 is 9.53 Å². The Morgan fingerprint density at radius 3 is 2.92 bits per heavy atom. The highest BCUT2D eigenvalue weighted by Gasteiger charge is 2.25. The topological polar surface area (TPSA) is 42.4 Å². The predicted octanol–water partition coefficient (Wildman–Crippen LogP) is 4.15. The Balaban J connectivity index is 1.69. The first-order chi connectivity index (χ1) is 12.3. The minimum absolute atomic E-state index is 0.0624. The normalized spacial score (nSPS) is 16.7. The van der Waals surface area contributed by atoms with Crippen LogP contribution in [0.2, 0.25) is 0 Å². The molecule has 2 aromatic rings. The number of fused-ring (bicyclic) bond motifs is 1. The van der Waals surface area contributed by atoms with Crippen molar-refractivity contribution in [3.63, 3.8) is 0 Å². The first-order valence-electron chi connectivity index (χ1n) is 8.82. The first-order valence-corrected chi connectivity index (χ1v) is 9.81. The van der Waals surface area contributed by atoms with E-state index in [4.69, 9.17) is 4.74 Å². The van der Waals surface area contributed by atoms with Crippen molar-refractivity contribution >= 4 is 17.7 Å². The molecule has 1 atom stereocenters. The zero-order chi connectivity index (χ0) is 17.5. The number of hydrogen-bond acceptors (Lipinski definition) is 4. The van der Waals surface area contributed by atoms with E-state index in [0.29, 0.717) is 18.8 Å². The fraction of sp³-hybridized carbons (Fsp3) is 0.400. The molecule has 0 saturated carbocycles. The van der Waals surface area contributed by atoms with Crippen molar-refractivity contribution in [3.8, 4) is 5.75 Å². The molecule has 0 saturated heterocycles.